The first-order valence-corrected chi connectivity index (χ1v) is 10.8. The third kappa shape index (κ3) is 4.40. The Labute approximate surface area is 190 Å². The highest BCUT2D eigenvalue weighted by Gasteiger charge is 2.33. The highest BCUT2D eigenvalue weighted by Crippen LogP contribution is 2.27. The van der Waals surface area contributed by atoms with Crippen LogP contribution in [0.4, 0.5) is 8.78 Å². The number of carbonyl (C=O) groups is 2. The fourth-order valence-corrected chi connectivity index (χ4v) is 4.23. The smallest absolute Gasteiger partial charge is 0.254 e. The average Bonchev–Trinajstić information content (AvgIpc) is 3.20. The molecule has 0 saturated carbocycles. The Morgan fingerprint density at radius 2 is 1.67 bits per heavy atom. The molecule has 7 nitrogen and oxygen atoms in total. The van der Waals surface area contributed by atoms with Gasteiger partial charge in [0.2, 0.25) is 5.91 Å². The van der Waals surface area contributed by atoms with Crippen LogP contribution in [0.3, 0.4) is 0 Å². The fraction of sp³-hybridized carbons (Fsp3) is 0.375. The first-order chi connectivity index (χ1) is 15.8. The summed E-state index contributed by atoms with van der Waals surface area (Å²) in [7, 11) is 1.55. The van der Waals surface area contributed by atoms with Crippen molar-refractivity contribution in [3.63, 3.8) is 0 Å². The number of hydrogen-bond donors (Lipinski definition) is 0. The molecule has 0 spiro atoms. The number of rotatable bonds is 5. The van der Waals surface area contributed by atoms with Crippen LogP contribution in [-0.4, -0.2) is 64.5 Å². The molecule has 1 fully saturated rings. The molecule has 2 aromatic carbocycles. The van der Waals surface area contributed by atoms with Gasteiger partial charge in [-0.1, -0.05) is 19.9 Å². The molecule has 9 heteroatoms. The molecule has 2 amide bonds. The van der Waals surface area contributed by atoms with E-state index in [-0.39, 0.29) is 17.7 Å². The molecule has 3 aromatic rings. The van der Waals surface area contributed by atoms with Gasteiger partial charge in [-0.25, -0.2) is 13.8 Å². The Kier molecular flexibility index (Phi) is 6.31. The molecule has 174 valence electrons. The number of fused-ring (bicyclic) bond motifs is 1. The normalized spacial score (nSPS) is 15.2. The highest BCUT2D eigenvalue weighted by atomic mass is 19.2. The molecule has 0 N–H and O–H groups in total. The molecule has 33 heavy (non-hydrogen) atoms. The number of nitrogens with zero attached hydrogens (tertiary/aromatic N) is 4. The number of carbonyl (C=O) groups excluding carboxylic acids is 2. The Morgan fingerprint density at radius 1 is 1.00 bits per heavy atom. The van der Waals surface area contributed by atoms with Crippen LogP contribution in [0, 0.1) is 17.6 Å². The largest absolute Gasteiger partial charge is 0.497 e. The van der Waals surface area contributed by atoms with Crippen molar-refractivity contribution in [2.45, 2.75) is 19.9 Å². The molecule has 1 atom stereocenters. The molecular weight excluding hydrogens is 430 g/mol. The Balaban J connectivity index is 1.50. The number of methoxy groups -OCH3 is 1. The van der Waals surface area contributed by atoms with Crippen molar-refractivity contribution in [3.05, 3.63) is 59.9 Å². The van der Waals surface area contributed by atoms with Crippen LogP contribution in [0.25, 0.3) is 11.0 Å². The Bertz CT molecular complexity index is 1190. The molecule has 0 radical (unpaired) electrons. The van der Waals surface area contributed by atoms with Crippen LogP contribution in [-0.2, 0) is 4.79 Å². The average molecular weight is 456 g/mol. The lowest BCUT2D eigenvalue weighted by molar-refractivity contribution is -0.137. The maximum absolute atomic E-state index is 13.9. The number of hydrogen-bond acceptors (Lipinski definition) is 4. The minimum atomic E-state index is -0.983. The van der Waals surface area contributed by atoms with Crippen molar-refractivity contribution in [2.24, 2.45) is 5.92 Å². The quantitative estimate of drug-likeness (QED) is 0.589. The number of imidazole rings is 1. The lowest BCUT2D eigenvalue weighted by Crippen LogP contribution is -2.52. The minimum absolute atomic E-state index is 0.112. The summed E-state index contributed by atoms with van der Waals surface area (Å²) < 4.78 is 34.3. The number of ether oxygens (including phenoxy) is 1. The van der Waals surface area contributed by atoms with E-state index in [1.165, 1.54) is 6.33 Å². The van der Waals surface area contributed by atoms with Crippen molar-refractivity contribution < 1.29 is 23.1 Å². The van der Waals surface area contributed by atoms with Crippen molar-refractivity contribution in [1.29, 1.82) is 0 Å². The molecular formula is C24H26F2N4O3. The van der Waals surface area contributed by atoms with Gasteiger partial charge in [0.15, 0.2) is 11.6 Å². The fourth-order valence-electron chi connectivity index (χ4n) is 4.23. The maximum Gasteiger partial charge on any atom is 0.254 e. The van der Waals surface area contributed by atoms with Gasteiger partial charge in [0.25, 0.3) is 5.91 Å². The van der Waals surface area contributed by atoms with Gasteiger partial charge in [0.1, 0.15) is 11.8 Å². The summed E-state index contributed by atoms with van der Waals surface area (Å²) >= 11 is 0. The Morgan fingerprint density at radius 3 is 2.33 bits per heavy atom. The van der Waals surface area contributed by atoms with Gasteiger partial charge in [0, 0.05) is 43.9 Å². The van der Waals surface area contributed by atoms with Crippen LogP contribution < -0.4 is 4.74 Å². The van der Waals surface area contributed by atoms with Crippen molar-refractivity contribution >= 4 is 22.8 Å². The summed E-state index contributed by atoms with van der Waals surface area (Å²) in [5, 5.41) is 0. The number of halogens is 2. The lowest BCUT2D eigenvalue weighted by Gasteiger charge is -2.37. The van der Waals surface area contributed by atoms with Gasteiger partial charge < -0.3 is 19.1 Å². The minimum Gasteiger partial charge on any atom is -0.497 e. The third-order valence-electron chi connectivity index (χ3n) is 6.00. The third-order valence-corrected chi connectivity index (χ3v) is 6.00. The second-order valence-corrected chi connectivity index (χ2v) is 8.45. The van der Waals surface area contributed by atoms with Gasteiger partial charge >= 0.3 is 0 Å². The molecule has 0 bridgehead atoms. The molecule has 1 saturated heterocycles. The molecule has 0 aliphatic carbocycles. The zero-order chi connectivity index (χ0) is 23.7. The summed E-state index contributed by atoms with van der Waals surface area (Å²) in [6.45, 7) is 5.36. The lowest BCUT2D eigenvalue weighted by atomic mass is 10.0. The van der Waals surface area contributed by atoms with Crippen molar-refractivity contribution in [3.8, 4) is 5.75 Å². The molecule has 2 heterocycles. The van der Waals surface area contributed by atoms with E-state index >= 15 is 0 Å². The summed E-state index contributed by atoms with van der Waals surface area (Å²) in [4.78, 5) is 33.9. The first kappa shape index (κ1) is 22.7. The van der Waals surface area contributed by atoms with E-state index in [1.54, 1.807) is 45.7 Å². The van der Waals surface area contributed by atoms with Gasteiger partial charge in [-0.2, -0.15) is 0 Å². The predicted octanol–water partition coefficient (Wildman–Crippen LogP) is 3.50. The number of piperazine rings is 1. The van der Waals surface area contributed by atoms with Gasteiger partial charge in [-0.3, -0.25) is 9.59 Å². The highest BCUT2D eigenvalue weighted by molar-refractivity contribution is 5.95. The van der Waals surface area contributed by atoms with Gasteiger partial charge in [-0.15, -0.1) is 0 Å². The number of benzene rings is 2. The maximum atomic E-state index is 13.9. The zero-order valence-corrected chi connectivity index (χ0v) is 18.8. The van der Waals surface area contributed by atoms with E-state index in [2.05, 4.69) is 4.98 Å². The number of aromatic nitrogens is 2. The topological polar surface area (TPSA) is 67.7 Å². The van der Waals surface area contributed by atoms with Crippen LogP contribution in [0.1, 0.15) is 30.2 Å². The second-order valence-electron chi connectivity index (χ2n) is 8.45. The van der Waals surface area contributed by atoms with Gasteiger partial charge in [-0.05, 0) is 24.1 Å². The molecule has 1 aliphatic heterocycles. The zero-order valence-electron chi connectivity index (χ0n) is 18.8. The van der Waals surface area contributed by atoms with E-state index in [4.69, 9.17) is 4.74 Å². The van der Waals surface area contributed by atoms with Crippen molar-refractivity contribution in [2.75, 3.05) is 33.3 Å². The predicted molar refractivity (Wildman–Crippen MR) is 119 cm³/mol. The van der Waals surface area contributed by atoms with Crippen molar-refractivity contribution in [1.82, 2.24) is 19.4 Å². The van der Waals surface area contributed by atoms with Gasteiger partial charge in [0.05, 0.1) is 24.5 Å². The van der Waals surface area contributed by atoms with E-state index in [0.29, 0.717) is 48.5 Å². The van der Waals surface area contributed by atoms with Crippen LogP contribution in [0.15, 0.2) is 42.7 Å². The first-order valence-electron chi connectivity index (χ1n) is 10.8. The molecule has 4 rings (SSSR count). The van der Waals surface area contributed by atoms with Crippen LogP contribution in [0.5, 0.6) is 5.75 Å². The standard InChI is InChI=1S/C24H26F2N4O3/c1-15(2)22(30-14-27-20-12-18(25)19(26)13-21(20)30)24(32)29-9-7-28(8-10-29)23(31)16-5-4-6-17(11-16)33-3/h4-6,11-15,22H,7-10H2,1-3H3. The molecule has 1 aliphatic rings. The number of amides is 2. The summed E-state index contributed by atoms with van der Waals surface area (Å²) in [5.41, 5.74) is 1.20. The Hall–Kier alpha value is -3.49. The monoisotopic (exact) mass is 456 g/mol. The molecule has 1 unspecified atom stereocenters. The van der Waals surface area contributed by atoms with Crippen LogP contribution in [0.2, 0.25) is 0 Å². The second kappa shape index (κ2) is 9.17. The SMILES string of the molecule is COc1cccc(C(=O)N2CCN(C(=O)C(C(C)C)n3cnc4cc(F)c(F)cc43)CC2)c1. The van der Waals surface area contributed by atoms with E-state index in [9.17, 15) is 18.4 Å². The summed E-state index contributed by atoms with van der Waals surface area (Å²) in [6.07, 6.45) is 1.45. The molecule has 1 aromatic heterocycles. The summed E-state index contributed by atoms with van der Waals surface area (Å²) in [5.74, 6) is -1.71. The van der Waals surface area contributed by atoms with E-state index < -0.39 is 17.7 Å². The summed E-state index contributed by atoms with van der Waals surface area (Å²) in [6, 6.07) is 8.46. The van der Waals surface area contributed by atoms with E-state index in [0.717, 1.165) is 12.1 Å². The van der Waals surface area contributed by atoms with E-state index in [1.807, 2.05) is 13.8 Å². The van der Waals surface area contributed by atoms with Crippen LogP contribution >= 0.6 is 0 Å².